The molecular weight excluding hydrogens is 301 g/mol. The standard InChI is InChI=1S/C13H11BrFNO2/c14-10-3-1-2-8(13(10)18)7-16-9-4-5-12(17)11(15)6-9/h1-6,16-18H,7H2. The molecular formula is C13H11BrFNO2. The second-order valence-electron chi connectivity index (χ2n) is 3.77. The van der Waals surface area contributed by atoms with Crippen LogP contribution in [-0.4, -0.2) is 10.2 Å². The van der Waals surface area contributed by atoms with Crippen LogP contribution in [0.4, 0.5) is 10.1 Å². The summed E-state index contributed by atoms with van der Waals surface area (Å²) in [4.78, 5) is 0. The van der Waals surface area contributed by atoms with Crippen molar-refractivity contribution in [2.45, 2.75) is 6.54 Å². The molecule has 2 aromatic carbocycles. The minimum atomic E-state index is -0.682. The van der Waals surface area contributed by atoms with Crippen molar-refractivity contribution in [1.29, 1.82) is 0 Å². The normalized spacial score (nSPS) is 10.3. The molecule has 5 heteroatoms. The van der Waals surface area contributed by atoms with E-state index >= 15 is 0 Å². The van der Waals surface area contributed by atoms with E-state index in [0.29, 0.717) is 22.3 Å². The number of anilines is 1. The average molecular weight is 312 g/mol. The van der Waals surface area contributed by atoms with Crippen LogP contribution >= 0.6 is 15.9 Å². The zero-order valence-corrected chi connectivity index (χ0v) is 10.9. The summed E-state index contributed by atoms with van der Waals surface area (Å²) in [6.45, 7) is 0.357. The summed E-state index contributed by atoms with van der Waals surface area (Å²) in [5, 5.41) is 21.8. The van der Waals surface area contributed by atoms with Gasteiger partial charge in [-0.15, -0.1) is 0 Å². The van der Waals surface area contributed by atoms with Crippen molar-refractivity contribution < 1.29 is 14.6 Å². The Morgan fingerprint density at radius 2 is 1.94 bits per heavy atom. The number of benzene rings is 2. The predicted octanol–water partition coefficient (Wildman–Crippen LogP) is 3.61. The monoisotopic (exact) mass is 311 g/mol. The van der Waals surface area contributed by atoms with Crippen molar-refractivity contribution in [3.8, 4) is 11.5 Å². The summed E-state index contributed by atoms with van der Waals surface area (Å²) in [5.41, 5.74) is 1.22. The second-order valence-corrected chi connectivity index (χ2v) is 4.62. The Bertz CT molecular complexity index is 575. The number of nitrogens with one attached hydrogen (secondary N) is 1. The summed E-state index contributed by atoms with van der Waals surface area (Å²) in [6, 6.07) is 9.34. The Balaban J connectivity index is 2.11. The van der Waals surface area contributed by atoms with Crippen LogP contribution < -0.4 is 5.32 Å². The third kappa shape index (κ3) is 2.73. The molecule has 0 bridgehead atoms. The molecule has 0 radical (unpaired) electrons. The van der Waals surface area contributed by atoms with Crippen molar-refractivity contribution in [3.63, 3.8) is 0 Å². The third-order valence-corrected chi connectivity index (χ3v) is 3.14. The highest BCUT2D eigenvalue weighted by molar-refractivity contribution is 9.10. The Morgan fingerprint density at radius 3 is 2.67 bits per heavy atom. The lowest BCUT2D eigenvalue weighted by molar-refractivity contribution is 0.432. The first kappa shape index (κ1) is 12.7. The van der Waals surface area contributed by atoms with Crippen LogP contribution in [0.3, 0.4) is 0 Å². The van der Waals surface area contributed by atoms with E-state index in [4.69, 9.17) is 5.11 Å². The molecule has 0 amide bonds. The molecule has 0 aromatic heterocycles. The van der Waals surface area contributed by atoms with E-state index in [2.05, 4.69) is 21.2 Å². The summed E-state index contributed by atoms with van der Waals surface area (Å²) in [6.07, 6.45) is 0. The van der Waals surface area contributed by atoms with Gasteiger partial charge < -0.3 is 15.5 Å². The largest absolute Gasteiger partial charge is 0.506 e. The molecule has 2 aromatic rings. The molecule has 0 saturated heterocycles. The molecule has 3 N–H and O–H groups in total. The summed E-state index contributed by atoms with van der Waals surface area (Å²) in [5.74, 6) is -0.909. The maximum atomic E-state index is 13.1. The summed E-state index contributed by atoms with van der Waals surface area (Å²) >= 11 is 3.22. The summed E-state index contributed by atoms with van der Waals surface area (Å²) < 4.78 is 13.7. The van der Waals surface area contributed by atoms with Gasteiger partial charge in [0.05, 0.1) is 4.47 Å². The Morgan fingerprint density at radius 1 is 1.17 bits per heavy atom. The fourth-order valence-electron chi connectivity index (χ4n) is 1.52. The van der Waals surface area contributed by atoms with E-state index in [9.17, 15) is 9.50 Å². The van der Waals surface area contributed by atoms with Crippen LogP contribution in [0, 0.1) is 5.82 Å². The molecule has 94 valence electrons. The highest BCUT2D eigenvalue weighted by Crippen LogP contribution is 2.28. The molecule has 0 aliphatic rings. The van der Waals surface area contributed by atoms with Crippen LogP contribution in [0.25, 0.3) is 0 Å². The molecule has 2 rings (SSSR count). The minimum Gasteiger partial charge on any atom is -0.506 e. The summed E-state index contributed by atoms with van der Waals surface area (Å²) in [7, 11) is 0. The first-order valence-corrected chi connectivity index (χ1v) is 6.06. The second kappa shape index (κ2) is 5.27. The van der Waals surface area contributed by atoms with E-state index < -0.39 is 5.82 Å². The third-order valence-electron chi connectivity index (χ3n) is 2.50. The molecule has 0 spiro atoms. The molecule has 0 aliphatic carbocycles. The van der Waals surface area contributed by atoms with Crippen molar-refractivity contribution in [1.82, 2.24) is 0 Å². The molecule has 0 saturated carbocycles. The predicted molar refractivity (Wildman–Crippen MR) is 71.2 cm³/mol. The lowest BCUT2D eigenvalue weighted by Gasteiger charge is -2.09. The quantitative estimate of drug-likeness (QED) is 0.759. The Hall–Kier alpha value is -1.75. The smallest absolute Gasteiger partial charge is 0.166 e. The van der Waals surface area contributed by atoms with Crippen molar-refractivity contribution in [2.75, 3.05) is 5.32 Å². The van der Waals surface area contributed by atoms with E-state index in [1.54, 1.807) is 24.3 Å². The number of rotatable bonds is 3. The SMILES string of the molecule is Oc1ccc(NCc2cccc(Br)c2O)cc1F. The highest BCUT2D eigenvalue weighted by atomic mass is 79.9. The number of hydrogen-bond donors (Lipinski definition) is 3. The maximum absolute atomic E-state index is 13.1. The average Bonchev–Trinajstić information content (AvgIpc) is 2.35. The number of aromatic hydroxyl groups is 2. The Kier molecular flexibility index (Phi) is 3.72. The first-order chi connectivity index (χ1) is 8.58. The Labute approximate surface area is 112 Å². The maximum Gasteiger partial charge on any atom is 0.166 e. The fourth-order valence-corrected chi connectivity index (χ4v) is 1.92. The van der Waals surface area contributed by atoms with E-state index in [1.807, 2.05) is 0 Å². The van der Waals surface area contributed by atoms with E-state index in [-0.39, 0.29) is 11.5 Å². The van der Waals surface area contributed by atoms with Gasteiger partial charge in [-0.1, -0.05) is 12.1 Å². The van der Waals surface area contributed by atoms with Gasteiger partial charge in [0, 0.05) is 23.9 Å². The van der Waals surface area contributed by atoms with Gasteiger partial charge in [0.1, 0.15) is 5.75 Å². The minimum absolute atomic E-state index is 0.157. The lowest BCUT2D eigenvalue weighted by atomic mass is 10.2. The van der Waals surface area contributed by atoms with E-state index in [1.165, 1.54) is 12.1 Å². The first-order valence-electron chi connectivity index (χ1n) is 5.26. The van der Waals surface area contributed by atoms with Gasteiger partial charge in [-0.3, -0.25) is 0 Å². The highest BCUT2D eigenvalue weighted by Gasteiger charge is 2.05. The number of halogens is 2. The molecule has 0 aliphatic heterocycles. The van der Waals surface area contributed by atoms with Gasteiger partial charge in [0.15, 0.2) is 11.6 Å². The zero-order chi connectivity index (χ0) is 13.1. The van der Waals surface area contributed by atoms with Gasteiger partial charge in [-0.2, -0.15) is 0 Å². The molecule has 18 heavy (non-hydrogen) atoms. The molecule has 0 unspecified atom stereocenters. The fraction of sp³-hybridized carbons (Fsp3) is 0.0769. The number of para-hydroxylation sites is 1. The molecule has 3 nitrogen and oxygen atoms in total. The van der Waals surface area contributed by atoms with Crippen molar-refractivity contribution >= 4 is 21.6 Å². The van der Waals surface area contributed by atoms with Gasteiger partial charge in [-0.05, 0) is 34.1 Å². The van der Waals surface area contributed by atoms with Crippen LogP contribution in [-0.2, 0) is 6.54 Å². The number of hydrogen-bond acceptors (Lipinski definition) is 3. The zero-order valence-electron chi connectivity index (χ0n) is 9.32. The van der Waals surface area contributed by atoms with Crippen molar-refractivity contribution in [3.05, 3.63) is 52.3 Å². The molecule has 0 heterocycles. The van der Waals surface area contributed by atoms with Crippen LogP contribution in [0.5, 0.6) is 11.5 Å². The van der Waals surface area contributed by atoms with Gasteiger partial charge in [0.2, 0.25) is 0 Å². The van der Waals surface area contributed by atoms with Crippen LogP contribution in [0.15, 0.2) is 40.9 Å². The van der Waals surface area contributed by atoms with Crippen LogP contribution in [0.2, 0.25) is 0 Å². The number of phenolic OH excluding ortho intramolecular Hbond substituents is 2. The number of phenols is 2. The van der Waals surface area contributed by atoms with Crippen LogP contribution in [0.1, 0.15) is 5.56 Å². The van der Waals surface area contributed by atoms with Gasteiger partial charge >= 0.3 is 0 Å². The van der Waals surface area contributed by atoms with E-state index in [0.717, 1.165) is 0 Å². The van der Waals surface area contributed by atoms with Gasteiger partial charge in [0.25, 0.3) is 0 Å². The molecule has 0 fully saturated rings. The van der Waals surface area contributed by atoms with Gasteiger partial charge in [-0.25, -0.2) is 4.39 Å². The molecule has 0 atom stereocenters. The lowest BCUT2D eigenvalue weighted by Crippen LogP contribution is -2.00. The van der Waals surface area contributed by atoms with Crippen molar-refractivity contribution in [2.24, 2.45) is 0 Å². The topological polar surface area (TPSA) is 52.5 Å².